The number of benzene rings is 1. The van der Waals surface area contributed by atoms with E-state index < -0.39 is 17.5 Å². The molecule has 1 aliphatic heterocycles. The third-order valence-corrected chi connectivity index (χ3v) is 8.03. The second-order valence-corrected chi connectivity index (χ2v) is 10.5. The molecule has 5 rings (SSSR count). The number of rotatable bonds is 6. The highest BCUT2D eigenvalue weighted by atomic mass is 19.1. The van der Waals surface area contributed by atoms with Crippen LogP contribution >= 0.6 is 0 Å². The smallest absolute Gasteiger partial charge is 0.273 e. The molecule has 3 aliphatic rings. The second kappa shape index (κ2) is 11.1. The molecule has 2 aromatic rings. The minimum absolute atomic E-state index is 0.00149. The summed E-state index contributed by atoms with van der Waals surface area (Å²) in [7, 11) is 0. The van der Waals surface area contributed by atoms with E-state index in [2.05, 4.69) is 20.7 Å². The first-order valence-corrected chi connectivity index (χ1v) is 13.3. The predicted molar refractivity (Wildman–Crippen MR) is 130 cm³/mol. The third-order valence-electron chi connectivity index (χ3n) is 8.03. The van der Waals surface area contributed by atoms with Crippen LogP contribution in [0.4, 0.5) is 8.78 Å². The Bertz CT molecular complexity index is 1080. The van der Waals surface area contributed by atoms with Gasteiger partial charge in [-0.2, -0.15) is 0 Å². The van der Waals surface area contributed by atoms with Gasteiger partial charge in [-0.15, -0.1) is 0 Å². The van der Waals surface area contributed by atoms with Crippen LogP contribution in [0.3, 0.4) is 0 Å². The summed E-state index contributed by atoms with van der Waals surface area (Å²) in [6.45, 7) is 1.45. The van der Waals surface area contributed by atoms with Gasteiger partial charge in [-0.1, -0.05) is 37.3 Å². The summed E-state index contributed by atoms with van der Waals surface area (Å²) < 4.78 is 32.6. The fraction of sp³-hybridized carbons (Fsp3) is 0.593. The topological polar surface area (TPSA) is 87.5 Å². The van der Waals surface area contributed by atoms with Gasteiger partial charge in [0.05, 0.1) is 11.5 Å². The number of carbonyl (C=O) groups is 2. The molecule has 2 N–H and O–H groups in total. The van der Waals surface area contributed by atoms with Gasteiger partial charge in [0.25, 0.3) is 5.91 Å². The lowest BCUT2D eigenvalue weighted by Crippen LogP contribution is -2.58. The van der Waals surface area contributed by atoms with Crippen LogP contribution in [0.15, 0.2) is 28.8 Å². The van der Waals surface area contributed by atoms with Crippen molar-refractivity contribution in [2.75, 3.05) is 13.1 Å². The van der Waals surface area contributed by atoms with Crippen LogP contribution < -0.4 is 10.6 Å². The van der Waals surface area contributed by atoms with Gasteiger partial charge in [0.15, 0.2) is 11.5 Å². The maximum Gasteiger partial charge on any atom is 0.273 e. The molecule has 3 fully saturated rings. The standard InChI is InChI=1S/C27H34F2N4O3/c28-17-10-11-20(22(29)14-17)25-15-24(32-36-25)27(35)31-23-12-13-33(19-8-2-1-3-9-19)16-21(23)26(34)30-18-6-4-5-7-18/h10-11,14-15,18-19,21,23H,1-9,12-13,16H2,(H,30,34)(H,31,35). The van der Waals surface area contributed by atoms with Crippen molar-refractivity contribution in [1.29, 1.82) is 0 Å². The van der Waals surface area contributed by atoms with Gasteiger partial charge in [-0.05, 0) is 44.2 Å². The van der Waals surface area contributed by atoms with Gasteiger partial charge in [-0.3, -0.25) is 14.5 Å². The number of nitrogens with one attached hydrogen (secondary N) is 2. The molecular formula is C27H34F2N4O3. The monoisotopic (exact) mass is 500 g/mol. The molecule has 0 radical (unpaired) electrons. The van der Waals surface area contributed by atoms with Gasteiger partial charge < -0.3 is 15.2 Å². The number of likely N-dealkylation sites (tertiary alicyclic amines) is 1. The Morgan fingerprint density at radius 2 is 1.69 bits per heavy atom. The minimum atomic E-state index is -0.795. The Kier molecular flexibility index (Phi) is 7.65. The Morgan fingerprint density at radius 3 is 2.44 bits per heavy atom. The lowest BCUT2D eigenvalue weighted by Gasteiger charge is -2.43. The number of hydrogen-bond donors (Lipinski definition) is 2. The molecule has 2 heterocycles. The van der Waals surface area contributed by atoms with E-state index in [1.54, 1.807) is 0 Å². The molecule has 1 aromatic heterocycles. The van der Waals surface area contributed by atoms with Crippen molar-refractivity contribution in [2.24, 2.45) is 5.92 Å². The highest BCUT2D eigenvalue weighted by molar-refractivity contribution is 5.94. The fourth-order valence-electron chi connectivity index (χ4n) is 6.01. The molecule has 7 nitrogen and oxygen atoms in total. The van der Waals surface area contributed by atoms with E-state index in [0.717, 1.165) is 57.2 Å². The summed E-state index contributed by atoms with van der Waals surface area (Å²) in [5, 5.41) is 10.0. The maximum absolute atomic E-state index is 14.1. The zero-order valence-corrected chi connectivity index (χ0v) is 20.5. The molecule has 2 atom stereocenters. The van der Waals surface area contributed by atoms with E-state index >= 15 is 0 Å². The number of nitrogens with zero attached hydrogens (tertiary/aromatic N) is 2. The first-order valence-electron chi connectivity index (χ1n) is 13.3. The van der Waals surface area contributed by atoms with Gasteiger partial charge in [0, 0.05) is 43.3 Å². The van der Waals surface area contributed by atoms with Crippen molar-refractivity contribution in [3.8, 4) is 11.3 Å². The van der Waals surface area contributed by atoms with E-state index in [9.17, 15) is 18.4 Å². The zero-order chi connectivity index (χ0) is 25.1. The van der Waals surface area contributed by atoms with Gasteiger partial charge in [0.1, 0.15) is 11.6 Å². The lowest BCUT2D eigenvalue weighted by molar-refractivity contribution is -0.128. The summed E-state index contributed by atoms with van der Waals surface area (Å²) >= 11 is 0. The molecule has 2 aliphatic carbocycles. The summed E-state index contributed by atoms with van der Waals surface area (Å²) in [6.07, 6.45) is 11.0. The van der Waals surface area contributed by atoms with Gasteiger partial charge >= 0.3 is 0 Å². The predicted octanol–water partition coefficient (Wildman–Crippen LogP) is 4.43. The molecule has 36 heavy (non-hydrogen) atoms. The van der Waals surface area contributed by atoms with Crippen LogP contribution in [-0.4, -0.2) is 53.1 Å². The second-order valence-electron chi connectivity index (χ2n) is 10.5. The van der Waals surface area contributed by atoms with E-state index in [0.29, 0.717) is 19.0 Å². The fourth-order valence-corrected chi connectivity index (χ4v) is 6.01. The first kappa shape index (κ1) is 24.9. The maximum atomic E-state index is 14.1. The first-order chi connectivity index (χ1) is 17.5. The number of halogens is 2. The highest BCUT2D eigenvalue weighted by Gasteiger charge is 2.39. The van der Waals surface area contributed by atoms with E-state index in [1.165, 1.54) is 31.4 Å². The highest BCUT2D eigenvalue weighted by Crippen LogP contribution is 2.29. The lowest BCUT2D eigenvalue weighted by atomic mass is 9.86. The van der Waals surface area contributed by atoms with Crippen molar-refractivity contribution in [3.63, 3.8) is 0 Å². The van der Waals surface area contributed by atoms with Gasteiger partial charge in [0.2, 0.25) is 5.91 Å². The summed E-state index contributed by atoms with van der Waals surface area (Å²) in [5.74, 6) is -2.28. The van der Waals surface area contributed by atoms with Gasteiger partial charge in [-0.25, -0.2) is 8.78 Å². The van der Waals surface area contributed by atoms with E-state index in [1.807, 2.05) is 0 Å². The molecule has 2 amide bonds. The number of amides is 2. The van der Waals surface area contributed by atoms with Crippen LogP contribution in [-0.2, 0) is 4.79 Å². The Hall–Kier alpha value is -2.81. The average Bonchev–Trinajstić information content (AvgIpc) is 3.57. The quantitative estimate of drug-likeness (QED) is 0.613. The molecule has 2 unspecified atom stereocenters. The normalized spacial score (nSPS) is 24.1. The number of aromatic nitrogens is 1. The third kappa shape index (κ3) is 5.61. The molecule has 0 bridgehead atoms. The number of carbonyl (C=O) groups excluding carboxylic acids is 2. The van der Waals surface area contributed by atoms with Crippen LogP contribution in [0.25, 0.3) is 11.3 Å². The molecule has 9 heteroatoms. The molecule has 194 valence electrons. The molecule has 1 aromatic carbocycles. The Balaban J connectivity index is 1.28. The van der Waals surface area contributed by atoms with Crippen LogP contribution in [0.1, 0.15) is 74.7 Å². The van der Waals surface area contributed by atoms with Crippen LogP contribution in [0, 0.1) is 17.6 Å². The number of hydrogen-bond acceptors (Lipinski definition) is 5. The molecular weight excluding hydrogens is 466 g/mol. The summed E-state index contributed by atoms with van der Waals surface area (Å²) in [4.78, 5) is 28.9. The molecule has 0 spiro atoms. The average molecular weight is 501 g/mol. The van der Waals surface area contributed by atoms with Crippen molar-refractivity contribution in [1.82, 2.24) is 20.7 Å². The van der Waals surface area contributed by atoms with E-state index in [4.69, 9.17) is 4.52 Å². The van der Waals surface area contributed by atoms with Crippen LogP contribution in [0.5, 0.6) is 0 Å². The minimum Gasteiger partial charge on any atom is -0.355 e. The van der Waals surface area contributed by atoms with Crippen molar-refractivity contribution in [2.45, 2.75) is 82.3 Å². The Morgan fingerprint density at radius 1 is 0.944 bits per heavy atom. The SMILES string of the molecule is O=C(NC1CCN(C2CCCCC2)CC1C(=O)NC1CCCC1)c1cc(-c2ccc(F)cc2F)on1. The molecule has 1 saturated heterocycles. The zero-order valence-electron chi connectivity index (χ0n) is 20.5. The largest absolute Gasteiger partial charge is 0.355 e. The van der Waals surface area contributed by atoms with Crippen molar-refractivity contribution < 1.29 is 22.9 Å². The summed E-state index contributed by atoms with van der Waals surface area (Å²) in [5.41, 5.74) is 0.0240. The number of piperidine rings is 1. The van der Waals surface area contributed by atoms with Crippen molar-refractivity contribution in [3.05, 3.63) is 41.6 Å². The van der Waals surface area contributed by atoms with Crippen LogP contribution in [0.2, 0.25) is 0 Å². The van der Waals surface area contributed by atoms with Crippen molar-refractivity contribution >= 4 is 11.8 Å². The van der Waals surface area contributed by atoms with E-state index in [-0.39, 0.29) is 40.9 Å². The summed E-state index contributed by atoms with van der Waals surface area (Å²) in [6, 6.07) is 4.85. The molecule has 2 saturated carbocycles. The Labute approximate surface area is 210 Å².